The van der Waals surface area contributed by atoms with Gasteiger partial charge in [-0.15, -0.1) is 0 Å². The van der Waals surface area contributed by atoms with E-state index < -0.39 is 0 Å². The highest BCUT2D eigenvalue weighted by molar-refractivity contribution is 6.31. The number of hydrogen-bond acceptors (Lipinski definition) is 5. The Labute approximate surface area is 102 Å². The molecule has 6 nitrogen and oxygen atoms in total. The minimum atomic E-state index is -0.291. The summed E-state index contributed by atoms with van der Waals surface area (Å²) in [5.41, 5.74) is 0. The predicted molar refractivity (Wildman–Crippen MR) is 59.4 cm³/mol. The van der Waals surface area contributed by atoms with Crippen LogP contribution in [-0.2, 0) is 9.59 Å². The van der Waals surface area contributed by atoms with E-state index in [1.54, 1.807) is 0 Å². The van der Waals surface area contributed by atoms with Crippen LogP contribution in [0.25, 0.3) is 0 Å². The number of halogens is 1. The lowest BCUT2D eigenvalue weighted by atomic mass is 10.00. The van der Waals surface area contributed by atoms with E-state index in [1.807, 2.05) is 4.90 Å². The summed E-state index contributed by atoms with van der Waals surface area (Å²) >= 11 is 5.93. The molecule has 1 N–H and O–H groups in total. The van der Waals surface area contributed by atoms with Crippen molar-refractivity contribution in [1.82, 2.24) is 15.3 Å². The zero-order chi connectivity index (χ0) is 12.0. The molecule has 2 aliphatic rings. The molecule has 0 radical (unpaired) electrons. The number of carbonyl (C=O) groups is 2. The highest BCUT2D eigenvalue weighted by atomic mass is 35.5. The van der Waals surface area contributed by atoms with Crippen molar-refractivity contribution in [2.24, 2.45) is 11.8 Å². The van der Waals surface area contributed by atoms with Crippen LogP contribution in [0, 0.1) is 11.8 Å². The quantitative estimate of drug-likeness (QED) is 0.703. The van der Waals surface area contributed by atoms with Crippen molar-refractivity contribution in [3.63, 3.8) is 0 Å². The number of aromatic nitrogens is 2. The van der Waals surface area contributed by atoms with Crippen molar-refractivity contribution >= 4 is 29.2 Å². The number of hydrogen-bond donors (Lipinski definition) is 1. The van der Waals surface area contributed by atoms with Gasteiger partial charge in [-0.1, -0.05) is 11.6 Å². The lowest BCUT2D eigenvalue weighted by molar-refractivity contribution is -0.126. The van der Waals surface area contributed by atoms with Crippen molar-refractivity contribution in [1.29, 1.82) is 0 Å². The van der Waals surface area contributed by atoms with E-state index in [-0.39, 0.29) is 23.7 Å². The Kier molecular flexibility index (Phi) is 2.25. The number of anilines is 1. The van der Waals surface area contributed by atoms with Gasteiger partial charge in [0.15, 0.2) is 11.0 Å². The molecule has 0 saturated carbocycles. The molecule has 2 fully saturated rings. The summed E-state index contributed by atoms with van der Waals surface area (Å²) in [6, 6.07) is 0. The van der Waals surface area contributed by atoms with E-state index in [1.165, 1.54) is 12.4 Å². The third-order valence-corrected chi connectivity index (χ3v) is 3.44. The maximum atomic E-state index is 11.5. The van der Waals surface area contributed by atoms with Crippen LogP contribution in [-0.4, -0.2) is 34.9 Å². The van der Waals surface area contributed by atoms with Gasteiger partial charge in [-0.2, -0.15) is 0 Å². The number of carbonyl (C=O) groups excluding carboxylic acids is 2. The Hall–Kier alpha value is -1.69. The first kappa shape index (κ1) is 10.5. The van der Waals surface area contributed by atoms with Crippen molar-refractivity contribution in [2.75, 3.05) is 18.0 Å². The fourth-order valence-electron chi connectivity index (χ4n) is 2.34. The molecular weight excluding hydrogens is 244 g/mol. The van der Waals surface area contributed by atoms with Gasteiger partial charge in [0.25, 0.3) is 0 Å². The van der Waals surface area contributed by atoms with Crippen molar-refractivity contribution in [3.05, 3.63) is 17.5 Å². The molecule has 3 rings (SSSR count). The normalized spacial score (nSPS) is 27.2. The third kappa shape index (κ3) is 1.56. The third-order valence-electron chi connectivity index (χ3n) is 3.18. The predicted octanol–water partition coefficient (Wildman–Crippen LogP) is -0.161. The fraction of sp³-hybridized carbons (Fsp3) is 0.400. The average molecular weight is 253 g/mol. The molecule has 7 heteroatoms. The number of imide groups is 1. The second-order valence-corrected chi connectivity index (χ2v) is 4.50. The zero-order valence-electron chi connectivity index (χ0n) is 8.76. The molecule has 0 aromatic carbocycles. The number of nitrogens with zero attached hydrogens (tertiary/aromatic N) is 3. The fourth-order valence-corrected chi connectivity index (χ4v) is 2.57. The molecule has 88 valence electrons. The SMILES string of the molecule is O=C1NC(=O)[C@@H]2CN(c3nccnc3Cl)C[C@@H]12. The van der Waals surface area contributed by atoms with Gasteiger partial charge in [-0.25, -0.2) is 9.97 Å². The van der Waals surface area contributed by atoms with E-state index in [0.717, 1.165) is 0 Å². The smallest absolute Gasteiger partial charge is 0.232 e. The van der Waals surface area contributed by atoms with Crippen molar-refractivity contribution in [3.8, 4) is 0 Å². The molecule has 3 heterocycles. The molecule has 2 atom stereocenters. The Bertz CT molecular complexity index is 485. The van der Waals surface area contributed by atoms with Crippen molar-refractivity contribution in [2.45, 2.75) is 0 Å². The number of nitrogens with one attached hydrogen (secondary N) is 1. The first-order valence-corrected chi connectivity index (χ1v) is 5.61. The number of rotatable bonds is 1. The van der Waals surface area contributed by atoms with Gasteiger partial charge >= 0.3 is 0 Å². The summed E-state index contributed by atoms with van der Waals surface area (Å²) in [4.78, 5) is 32.9. The monoisotopic (exact) mass is 252 g/mol. The number of fused-ring (bicyclic) bond motifs is 1. The van der Waals surface area contributed by atoms with Gasteiger partial charge in [0, 0.05) is 25.5 Å². The van der Waals surface area contributed by atoms with Gasteiger partial charge in [0.1, 0.15) is 0 Å². The van der Waals surface area contributed by atoms with Gasteiger partial charge in [0.05, 0.1) is 11.8 Å². The van der Waals surface area contributed by atoms with Crippen LogP contribution in [0.5, 0.6) is 0 Å². The minimum Gasteiger partial charge on any atom is -0.352 e. The molecule has 0 unspecified atom stereocenters. The molecule has 2 aliphatic heterocycles. The van der Waals surface area contributed by atoms with E-state index in [2.05, 4.69) is 15.3 Å². The largest absolute Gasteiger partial charge is 0.352 e. The van der Waals surface area contributed by atoms with E-state index >= 15 is 0 Å². The van der Waals surface area contributed by atoms with Crippen LogP contribution in [0.4, 0.5) is 5.82 Å². The lowest BCUT2D eigenvalue weighted by Gasteiger charge is -2.18. The van der Waals surface area contributed by atoms with Gasteiger partial charge in [-0.3, -0.25) is 14.9 Å². The summed E-state index contributed by atoms with van der Waals surface area (Å²) in [6.45, 7) is 0.918. The molecule has 2 amide bonds. The molecular formula is C10H9ClN4O2. The highest BCUT2D eigenvalue weighted by Crippen LogP contribution is 2.33. The minimum absolute atomic E-state index is 0.206. The number of amides is 2. The zero-order valence-corrected chi connectivity index (χ0v) is 9.52. The first-order chi connectivity index (χ1) is 8.16. The van der Waals surface area contributed by atoms with Gasteiger partial charge in [0.2, 0.25) is 11.8 Å². The first-order valence-electron chi connectivity index (χ1n) is 5.23. The Balaban J connectivity index is 1.88. The second-order valence-electron chi connectivity index (χ2n) is 4.14. The maximum absolute atomic E-state index is 11.5. The molecule has 0 spiro atoms. The summed E-state index contributed by atoms with van der Waals surface area (Å²) in [5, 5.41) is 2.62. The van der Waals surface area contributed by atoms with Gasteiger partial charge in [-0.05, 0) is 0 Å². The molecule has 1 aromatic rings. The standard InChI is InChI=1S/C10H9ClN4O2/c11-7-8(13-2-1-12-7)15-3-5-6(4-15)10(17)14-9(5)16/h1-2,5-6H,3-4H2,(H,14,16,17)/t5-,6-/m1/s1. The molecule has 0 bridgehead atoms. The van der Waals surface area contributed by atoms with Crippen LogP contribution in [0.1, 0.15) is 0 Å². The summed E-state index contributed by atoms with van der Waals surface area (Å²) in [5.74, 6) is -0.463. The Morgan fingerprint density at radius 3 is 2.35 bits per heavy atom. The average Bonchev–Trinajstić information content (AvgIpc) is 2.83. The molecule has 2 saturated heterocycles. The Morgan fingerprint density at radius 2 is 1.76 bits per heavy atom. The topological polar surface area (TPSA) is 75.2 Å². The van der Waals surface area contributed by atoms with E-state index in [9.17, 15) is 9.59 Å². The molecule has 1 aromatic heterocycles. The van der Waals surface area contributed by atoms with Crippen LogP contribution in [0.2, 0.25) is 5.15 Å². The highest BCUT2D eigenvalue weighted by Gasteiger charge is 2.48. The summed E-state index contributed by atoms with van der Waals surface area (Å²) in [6.07, 6.45) is 3.04. The van der Waals surface area contributed by atoms with Crippen LogP contribution in [0.3, 0.4) is 0 Å². The molecule has 17 heavy (non-hydrogen) atoms. The maximum Gasteiger partial charge on any atom is 0.232 e. The van der Waals surface area contributed by atoms with Crippen LogP contribution in [0.15, 0.2) is 12.4 Å². The van der Waals surface area contributed by atoms with Crippen LogP contribution < -0.4 is 10.2 Å². The lowest BCUT2D eigenvalue weighted by Crippen LogP contribution is -2.31. The van der Waals surface area contributed by atoms with Crippen LogP contribution >= 0.6 is 11.6 Å². The van der Waals surface area contributed by atoms with Gasteiger partial charge < -0.3 is 4.90 Å². The van der Waals surface area contributed by atoms with E-state index in [0.29, 0.717) is 24.1 Å². The summed E-state index contributed by atoms with van der Waals surface area (Å²) < 4.78 is 0. The summed E-state index contributed by atoms with van der Waals surface area (Å²) in [7, 11) is 0. The molecule has 0 aliphatic carbocycles. The second kappa shape index (κ2) is 3.66. The van der Waals surface area contributed by atoms with Crippen molar-refractivity contribution < 1.29 is 9.59 Å². The Morgan fingerprint density at radius 1 is 1.18 bits per heavy atom. The van der Waals surface area contributed by atoms with E-state index in [4.69, 9.17) is 11.6 Å².